The first kappa shape index (κ1) is 15.1. The Morgan fingerprint density at radius 3 is 2.29 bits per heavy atom. The number of anilines is 1. The van der Waals surface area contributed by atoms with Crippen molar-refractivity contribution in [3.63, 3.8) is 0 Å². The molecule has 110 valence electrons. The SMILES string of the molecule is COc1cc(OC)c(-n2c(C)c(C)c(C#N)c2N)cc1Cl. The zero-order chi connectivity index (χ0) is 15.7. The van der Waals surface area contributed by atoms with Gasteiger partial charge in [-0.2, -0.15) is 5.26 Å². The summed E-state index contributed by atoms with van der Waals surface area (Å²) >= 11 is 6.19. The number of nitrogens with two attached hydrogens (primary N) is 1. The Bertz CT molecular complexity index is 745. The van der Waals surface area contributed by atoms with Gasteiger partial charge in [-0.3, -0.25) is 4.57 Å². The van der Waals surface area contributed by atoms with Gasteiger partial charge in [0.1, 0.15) is 23.4 Å². The molecule has 2 aromatic rings. The fourth-order valence-electron chi connectivity index (χ4n) is 2.30. The van der Waals surface area contributed by atoms with Gasteiger partial charge in [-0.1, -0.05) is 11.6 Å². The van der Waals surface area contributed by atoms with E-state index in [-0.39, 0.29) is 0 Å². The fraction of sp³-hybridized carbons (Fsp3) is 0.267. The number of hydrogen-bond donors (Lipinski definition) is 1. The van der Waals surface area contributed by atoms with Crippen LogP contribution in [0.4, 0.5) is 5.82 Å². The van der Waals surface area contributed by atoms with Crippen LogP contribution in [-0.4, -0.2) is 18.8 Å². The van der Waals surface area contributed by atoms with Crippen LogP contribution < -0.4 is 15.2 Å². The number of benzene rings is 1. The van der Waals surface area contributed by atoms with Gasteiger partial charge in [-0.15, -0.1) is 0 Å². The van der Waals surface area contributed by atoms with Crippen LogP contribution in [0.15, 0.2) is 12.1 Å². The Balaban J connectivity index is 2.80. The van der Waals surface area contributed by atoms with E-state index in [1.165, 1.54) is 7.11 Å². The minimum atomic E-state index is 0.368. The van der Waals surface area contributed by atoms with Crippen molar-refractivity contribution in [2.45, 2.75) is 13.8 Å². The van der Waals surface area contributed by atoms with Gasteiger partial charge in [0.25, 0.3) is 0 Å². The third kappa shape index (κ3) is 2.28. The zero-order valence-electron chi connectivity index (χ0n) is 12.3. The molecule has 6 heteroatoms. The molecule has 0 radical (unpaired) electrons. The van der Waals surface area contributed by atoms with Gasteiger partial charge in [0.05, 0.1) is 30.5 Å². The largest absolute Gasteiger partial charge is 0.495 e. The number of nitriles is 1. The average Bonchev–Trinajstić information content (AvgIpc) is 2.68. The summed E-state index contributed by atoms with van der Waals surface area (Å²) in [5.74, 6) is 1.44. The van der Waals surface area contributed by atoms with E-state index in [4.69, 9.17) is 26.8 Å². The van der Waals surface area contributed by atoms with E-state index >= 15 is 0 Å². The molecule has 2 rings (SSSR count). The molecular weight excluding hydrogens is 290 g/mol. The highest BCUT2D eigenvalue weighted by molar-refractivity contribution is 6.32. The van der Waals surface area contributed by atoms with Gasteiger partial charge >= 0.3 is 0 Å². The summed E-state index contributed by atoms with van der Waals surface area (Å²) in [4.78, 5) is 0. The van der Waals surface area contributed by atoms with Crippen LogP contribution in [0.3, 0.4) is 0 Å². The van der Waals surface area contributed by atoms with Gasteiger partial charge < -0.3 is 15.2 Å². The standard InChI is InChI=1S/C15H16ClN3O2/c1-8-9(2)19(15(18)10(8)7-17)12-5-11(16)13(20-3)6-14(12)21-4/h5-6H,18H2,1-4H3. The summed E-state index contributed by atoms with van der Waals surface area (Å²) in [7, 11) is 3.09. The molecule has 0 aliphatic rings. The molecule has 0 aliphatic heterocycles. The van der Waals surface area contributed by atoms with Crippen molar-refractivity contribution in [1.29, 1.82) is 5.26 Å². The third-order valence-corrected chi connectivity index (χ3v) is 3.85. The molecule has 0 spiro atoms. The van der Waals surface area contributed by atoms with Crippen molar-refractivity contribution in [2.75, 3.05) is 20.0 Å². The fourth-order valence-corrected chi connectivity index (χ4v) is 2.54. The Morgan fingerprint density at radius 2 is 1.81 bits per heavy atom. The normalized spacial score (nSPS) is 10.3. The molecule has 0 bridgehead atoms. The molecule has 1 aromatic carbocycles. The van der Waals surface area contributed by atoms with Crippen molar-refractivity contribution >= 4 is 17.4 Å². The Morgan fingerprint density at radius 1 is 1.19 bits per heavy atom. The zero-order valence-corrected chi connectivity index (χ0v) is 13.1. The lowest BCUT2D eigenvalue weighted by atomic mass is 10.2. The summed E-state index contributed by atoms with van der Waals surface area (Å²) < 4.78 is 12.3. The molecule has 0 saturated carbocycles. The van der Waals surface area contributed by atoms with E-state index in [0.717, 1.165) is 11.3 Å². The molecule has 0 aliphatic carbocycles. The third-order valence-electron chi connectivity index (χ3n) is 3.56. The van der Waals surface area contributed by atoms with Gasteiger partial charge in [0, 0.05) is 11.8 Å². The maximum Gasteiger partial charge on any atom is 0.146 e. The number of halogens is 1. The molecule has 21 heavy (non-hydrogen) atoms. The van der Waals surface area contributed by atoms with Gasteiger partial charge in [-0.05, 0) is 25.5 Å². The topological polar surface area (TPSA) is 73.2 Å². The van der Waals surface area contributed by atoms with Crippen molar-refractivity contribution in [1.82, 2.24) is 4.57 Å². The summed E-state index contributed by atoms with van der Waals surface area (Å²) in [6.45, 7) is 3.75. The number of aromatic nitrogens is 1. The van der Waals surface area contributed by atoms with Crippen LogP contribution in [-0.2, 0) is 0 Å². The Kier molecular flexibility index (Phi) is 4.01. The van der Waals surface area contributed by atoms with Crippen LogP contribution in [0.2, 0.25) is 5.02 Å². The van der Waals surface area contributed by atoms with Crippen molar-refractivity contribution in [2.24, 2.45) is 0 Å². The molecule has 5 nitrogen and oxygen atoms in total. The molecule has 0 fully saturated rings. The lowest BCUT2D eigenvalue weighted by Crippen LogP contribution is -2.05. The first-order chi connectivity index (χ1) is 9.96. The van der Waals surface area contributed by atoms with Crippen LogP contribution in [0.5, 0.6) is 11.5 Å². The second-order valence-electron chi connectivity index (χ2n) is 4.58. The van der Waals surface area contributed by atoms with E-state index in [1.54, 1.807) is 23.8 Å². The number of ether oxygens (including phenoxy) is 2. The van der Waals surface area contributed by atoms with E-state index in [0.29, 0.717) is 33.6 Å². The highest BCUT2D eigenvalue weighted by Crippen LogP contribution is 2.38. The van der Waals surface area contributed by atoms with Crippen LogP contribution in [0.25, 0.3) is 5.69 Å². The van der Waals surface area contributed by atoms with Gasteiger partial charge in [0.15, 0.2) is 0 Å². The van der Waals surface area contributed by atoms with Gasteiger partial charge in [0.2, 0.25) is 0 Å². The molecule has 0 saturated heterocycles. The highest BCUT2D eigenvalue weighted by atomic mass is 35.5. The second-order valence-corrected chi connectivity index (χ2v) is 4.98. The lowest BCUT2D eigenvalue weighted by Gasteiger charge is -2.15. The van der Waals surface area contributed by atoms with Crippen molar-refractivity contribution < 1.29 is 9.47 Å². The van der Waals surface area contributed by atoms with E-state index in [9.17, 15) is 5.26 Å². The van der Waals surface area contributed by atoms with Crippen molar-refractivity contribution in [3.05, 3.63) is 34.0 Å². The summed E-state index contributed by atoms with van der Waals surface area (Å²) in [6, 6.07) is 5.53. The minimum Gasteiger partial charge on any atom is -0.495 e. The van der Waals surface area contributed by atoms with E-state index < -0.39 is 0 Å². The molecule has 2 N–H and O–H groups in total. The summed E-state index contributed by atoms with van der Waals surface area (Å²) in [5, 5.41) is 9.67. The number of rotatable bonds is 3. The monoisotopic (exact) mass is 305 g/mol. The quantitative estimate of drug-likeness (QED) is 0.945. The van der Waals surface area contributed by atoms with E-state index in [1.807, 2.05) is 13.8 Å². The molecule has 0 amide bonds. The number of nitrogens with zero attached hydrogens (tertiary/aromatic N) is 2. The molecule has 1 heterocycles. The first-order valence-electron chi connectivity index (χ1n) is 6.25. The molecule has 0 unspecified atom stereocenters. The lowest BCUT2D eigenvalue weighted by molar-refractivity contribution is 0.393. The molecular formula is C15H16ClN3O2. The average molecular weight is 306 g/mol. The predicted octanol–water partition coefficient (Wildman–Crippen LogP) is 3.22. The number of nitrogen functional groups attached to an aromatic ring is 1. The highest BCUT2D eigenvalue weighted by Gasteiger charge is 2.20. The maximum atomic E-state index is 9.23. The van der Waals surface area contributed by atoms with Crippen LogP contribution >= 0.6 is 11.6 Å². The first-order valence-corrected chi connectivity index (χ1v) is 6.63. The Labute approximate surface area is 128 Å². The minimum absolute atomic E-state index is 0.368. The molecule has 1 aromatic heterocycles. The summed E-state index contributed by atoms with van der Waals surface area (Å²) in [5.41, 5.74) is 8.93. The number of hydrogen-bond acceptors (Lipinski definition) is 4. The summed E-state index contributed by atoms with van der Waals surface area (Å²) in [6.07, 6.45) is 0. The van der Waals surface area contributed by atoms with Crippen LogP contribution in [0.1, 0.15) is 16.8 Å². The number of methoxy groups -OCH3 is 2. The Hall–Kier alpha value is -2.32. The smallest absolute Gasteiger partial charge is 0.146 e. The van der Waals surface area contributed by atoms with E-state index in [2.05, 4.69) is 6.07 Å². The van der Waals surface area contributed by atoms with Crippen LogP contribution in [0, 0.1) is 25.2 Å². The van der Waals surface area contributed by atoms with Gasteiger partial charge in [-0.25, -0.2) is 0 Å². The molecule has 0 atom stereocenters. The second kappa shape index (κ2) is 5.58. The predicted molar refractivity (Wildman–Crippen MR) is 82.5 cm³/mol. The van der Waals surface area contributed by atoms with Crippen molar-refractivity contribution in [3.8, 4) is 23.3 Å². The maximum absolute atomic E-state index is 9.23.